The van der Waals surface area contributed by atoms with Crippen molar-refractivity contribution in [1.29, 1.82) is 0 Å². The van der Waals surface area contributed by atoms with Crippen LogP contribution in [0.4, 0.5) is 0 Å². The molecule has 3 nitrogen and oxygen atoms in total. The van der Waals surface area contributed by atoms with Crippen LogP contribution in [-0.4, -0.2) is 15.0 Å². The number of aromatic nitrogens is 3. The van der Waals surface area contributed by atoms with Crippen molar-refractivity contribution in [3.05, 3.63) is 235 Å². The molecule has 0 saturated heterocycles. The van der Waals surface area contributed by atoms with Gasteiger partial charge in [0.15, 0.2) is 0 Å². The molecule has 0 spiro atoms. The summed E-state index contributed by atoms with van der Waals surface area (Å²) in [6.45, 7) is 6.48. The van der Waals surface area contributed by atoms with Gasteiger partial charge in [0.05, 0.1) is 17.1 Å². The maximum Gasteiger partial charge on any atom is 0.0702 e. The molecule has 300 valence electrons. The summed E-state index contributed by atoms with van der Waals surface area (Å²) in [5.74, 6) is 0. The molecule has 7 aromatic carbocycles. The molecule has 0 fully saturated rings. The van der Waals surface area contributed by atoms with E-state index in [-0.39, 0.29) is 0 Å². The van der Waals surface area contributed by atoms with Crippen LogP contribution >= 0.6 is 0 Å². The molecule has 0 aliphatic carbocycles. The Balaban J connectivity index is 1.15. The molecule has 0 bridgehead atoms. The van der Waals surface area contributed by atoms with E-state index < -0.39 is 0 Å². The van der Waals surface area contributed by atoms with E-state index in [0.717, 1.165) is 101 Å². The SMILES string of the molecule is Cc1ccc(-c2cc(-c3ccc(C)cc3-c3ccc(-c4ccccc4)nc3)cc(-c3ccc(C)cc3-c3ccc(-c4ccccc4)nc3)c2)c(-c2ccc(-c3ccccc3)nc2)c1. The highest BCUT2D eigenvalue weighted by molar-refractivity contribution is 5.94. The fourth-order valence-corrected chi connectivity index (χ4v) is 8.54. The number of aryl methyl sites for hydroxylation is 3. The number of pyridine rings is 3. The second kappa shape index (κ2) is 17.2. The van der Waals surface area contributed by atoms with Crippen molar-refractivity contribution in [2.45, 2.75) is 20.8 Å². The Morgan fingerprint density at radius 3 is 0.762 bits per heavy atom. The second-order valence-corrected chi connectivity index (χ2v) is 16.3. The van der Waals surface area contributed by atoms with Gasteiger partial charge in [0.25, 0.3) is 0 Å². The first-order chi connectivity index (χ1) is 30.9. The molecular weight excluding hydrogens is 763 g/mol. The normalized spacial score (nSPS) is 11.1. The average Bonchev–Trinajstić information content (AvgIpc) is 3.35. The molecule has 63 heavy (non-hydrogen) atoms. The third-order valence-electron chi connectivity index (χ3n) is 11.8. The largest absolute Gasteiger partial charge is 0.256 e. The molecule has 0 radical (unpaired) electrons. The second-order valence-electron chi connectivity index (χ2n) is 16.3. The van der Waals surface area contributed by atoms with Crippen LogP contribution in [0.3, 0.4) is 0 Å². The lowest BCUT2D eigenvalue weighted by Gasteiger charge is -2.19. The zero-order chi connectivity index (χ0) is 42.7. The van der Waals surface area contributed by atoms with Gasteiger partial charge in [-0.05, 0) is 107 Å². The summed E-state index contributed by atoms with van der Waals surface area (Å²) in [5.41, 5.74) is 23.2. The van der Waals surface area contributed by atoms with Gasteiger partial charge in [-0.1, -0.05) is 180 Å². The van der Waals surface area contributed by atoms with Gasteiger partial charge in [-0.2, -0.15) is 0 Å². The molecule has 0 unspecified atom stereocenters. The summed E-state index contributed by atoms with van der Waals surface area (Å²) in [6, 6.07) is 71.4. The summed E-state index contributed by atoms with van der Waals surface area (Å²) in [4.78, 5) is 14.9. The van der Waals surface area contributed by atoms with Crippen LogP contribution < -0.4 is 0 Å². The van der Waals surface area contributed by atoms with Gasteiger partial charge >= 0.3 is 0 Å². The van der Waals surface area contributed by atoms with Crippen molar-refractivity contribution < 1.29 is 0 Å². The zero-order valence-corrected chi connectivity index (χ0v) is 35.6. The van der Waals surface area contributed by atoms with E-state index in [9.17, 15) is 0 Å². The summed E-state index contributed by atoms with van der Waals surface area (Å²) in [6.07, 6.45) is 6.04. The molecule has 0 atom stereocenters. The minimum Gasteiger partial charge on any atom is -0.256 e. The number of benzene rings is 7. The first-order valence-electron chi connectivity index (χ1n) is 21.5. The van der Waals surface area contributed by atoms with Crippen molar-refractivity contribution in [3.63, 3.8) is 0 Å². The molecule has 0 aliphatic rings. The van der Waals surface area contributed by atoms with Gasteiger partial charge in [-0.15, -0.1) is 0 Å². The van der Waals surface area contributed by atoms with Gasteiger partial charge in [-0.3, -0.25) is 15.0 Å². The van der Waals surface area contributed by atoms with E-state index in [1.54, 1.807) is 0 Å². The minimum atomic E-state index is 0.953. The molecule has 3 aromatic heterocycles. The van der Waals surface area contributed by atoms with Crippen LogP contribution in [0.1, 0.15) is 16.7 Å². The van der Waals surface area contributed by atoms with Gasteiger partial charge in [0, 0.05) is 52.0 Å². The molecule has 0 aliphatic heterocycles. The van der Waals surface area contributed by atoms with Crippen molar-refractivity contribution >= 4 is 0 Å². The third-order valence-corrected chi connectivity index (χ3v) is 11.8. The summed E-state index contributed by atoms with van der Waals surface area (Å²) in [7, 11) is 0. The smallest absolute Gasteiger partial charge is 0.0702 e. The molecular formula is C60H45N3. The van der Waals surface area contributed by atoms with Crippen LogP contribution in [0.15, 0.2) is 219 Å². The lowest BCUT2D eigenvalue weighted by Crippen LogP contribution is -1.94. The molecule has 0 amide bonds. The van der Waals surface area contributed by atoms with Crippen LogP contribution in [0, 0.1) is 20.8 Å². The van der Waals surface area contributed by atoms with Gasteiger partial charge in [0.2, 0.25) is 0 Å². The predicted octanol–water partition coefficient (Wildman–Crippen LogP) is 15.8. The summed E-state index contributed by atoms with van der Waals surface area (Å²) >= 11 is 0. The van der Waals surface area contributed by atoms with Crippen LogP contribution in [-0.2, 0) is 0 Å². The summed E-state index contributed by atoms with van der Waals surface area (Å²) < 4.78 is 0. The number of rotatable bonds is 9. The molecule has 3 heterocycles. The Labute approximate surface area is 370 Å². The van der Waals surface area contributed by atoms with Crippen LogP contribution in [0.2, 0.25) is 0 Å². The lowest BCUT2D eigenvalue weighted by molar-refractivity contribution is 1.32. The minimum absolute atomic E-state index is 0.953. The summed E-state index contributed by atoms with van der Waals surface area (Å²) in [5, 5.41) is 0. The Morgan fingerprint density at radius 2 is 0.508 bits per heavy atom. The average molecular weight is 808 g/mol. The number of hydrogen-bond acceptors (Lipinski definition) is 3. The maximum atomic E-state index is 4.97. The van der Waals surface area contributed by atoms with Gasteiger partial charge in [-0.25, -0.2) is 0 Å². The first-order valence-corrected chi connectivity index (χ1v) is 21.5. The van der Waals surface area contributed by atoms with E-state index in [1.807, 2.05) is 36.8 Å². The topological polar surface area (TPSA) is 38.7 Å². The Morgan fingerprint density at radius 1 is 0.222 bits per heavy atom. The van der Waals surface area contributed by atoms with Crippen LogP contribution in [0.5, 0.6) is 0 Å². The van der Waals surface area contributed by atoms with Crippen molar-refractivity contribution in [3.8, 4) is 101 Å². The number of hydrogen-bond donors (Lipinski definition) is 0. The standard InChI is InChI=1S/C60H45N3/c1-40-19-25-52(55(31-40)46-22-28-58(61-37-46)43-13-7-4-8-14-43)49-34-50(53-26-20-41(2)32-56(53)47-23-29-59(62-38-47)44-15-9-5-10-16-44)36-51(35-49)54-27-21-42(3)33-57(54)48-24-30-60(63-39-48)45-17-11-6-12-18-45/h4-39H,1-3H3. The fourth-order valence-electron chi connectivity index (χ4n) is 8.54. The number of nitrogens with zero attached hydrogens (tertiary/aromatic N) is 3. The molecule has 3 heteroatoms. The maximum absolute atomic E-state index is 4.97. The van der Waals surface area contributed by atoms with E-state index in [0.29, 0.717) is 0 Å². The van der Waals surface area contributed by atoms with Crippen molar-refractivity contribution in [2.75, 3.05) is 0 Å². The molecule has 10 rings (SSSR count). The highest BCUT2D eigenvalue weighted by Gasteiger charge is 2.18. The highest BCUT2D eigenvalue weighted by atomic mass is 14.7. The quantitative estimate of drug-likeness (QED) is 0.146. The van der Waals surface area contributed by atoms with E-state index >= 15 is 0 Å². The van der Waals surface area contributed by atoms with Crippen molar-refractivity contribution in [1.82, 2.24) is 15.0 Å². The van der Waals surface area contributed by atoms with Gasteiger partial charge in [0.1, 0.15) is 0 Å². The zero-order valence-electron chi connectivity index (χ0n) is 35.6. The van der Waals surface area contributed by atoms with Crippen LogP contribution in [0.25, 0.3) is 101 Å². The van der Waals surface area contributed by atoms with E-state index in [4.69, 9.17) is 15.0 Å². The third kappa shape index (κ3) is 8.25. The Kier molecular flexibility index (Phi) is 10.7. The monoisotopic (exact) mass is 807 g/mol. The van der Waals surface area contributed by atoms with Crippen molar-refractivity contribution in [2.24, 2.45) is 0 Å². The fraction of sp³-hybridized carbons (Fsp3) is 0.0500. The first kappa shape index (κ1) is 39.1. The van der Waals surface area contributed by atoms with Gasteiger partial charge < -0.3 is 0 Å². The Bertz CT molecular complexity index is 2830. The molecule has 10 aromatic rings. The highest BCUT2D eigenvalue weighted by Crippen LogP contribution is 2.43. The molecule has 0 saturated carbocycles. The predicted molar refractivity (Wildman–Crippen MR) is 263 cm³/mol. The van der Waals surface area contributed by atoms with E-state index in [2.05, 4.69) is 203 Å². The van der Waals surface area contributed by atoms with E-state index in [1.165, 1.54) is 16.7 Å². The lowest BCUT2D eigenvalue weighted by atomic mass is 9.85. The molecule has 0 N–H and O–H groups in total. The Hall–Kier alpha value is -8.01.